The Morgan fingerprint density at radius 2 is 1.92 bits per heavy atom. The molecule has 0 unspecified atom stereocenters. The minimum absolute atomic E-state index is 0.170. The van der Waals surface area contributed by atoms with E-state index in [0.29, 0.717) is 11.3 Å². The molecule has 0 bridgehead atoms. The first-order chi connectivity index (χ1) is 12.4. The van der Waals surface area contributed by atoms with E-state index in [1.807, 2.05) is 31.2 Å². The van der Waals surface area contributed by atoms with Gasteiger partial charge in [0.15, 0.2) is 6.10 Å². The average molecular weight is 413 g/mol. The molecule has 0 aliphatic rings. The molecule has 0 radical (unpaired) electrons. The normalized spacial score (nSPS) is 12.0. The summed E-state index contributed by atoms with van der Waals surface area (Å²) < 4.78 is 5.92. The third kappa shape index (κ3) is 5.57. The van der Waals surface area contributed by atoms with Crippen LogP contribution in [0.4, 0.5) is 5.69 Å². The number of nitriles is 1. The van der Waals surface area contributed by atoms with E-state index in [1.165, 1.54) is 13.0 Å². The van der Waals surface area contributed by atoms with E-state index >= 15 is 0 Å². The molecule has 0 spiro atoms. The fourth-order valence-corrected chi connectivity index (χ4v) is 2.45. The second-order valence-electron chi connectivity index (χ2n) is 5.63. The zero-order valence-electron chi connectivity index (χ0n) is 14.3. The number of esters is 1. The van der Waals surface area contributed by atoms with Crippen LogP contribution in [0.5, 0.6) is 0 Å². The van der Waals surface area contributed by atoms with Gasteiger partial charge in [-0.1, -0.05) is 51.8 Å². The van der Waals surface area contributed by atoms with Gasteiger partial charge in [0, 0.05) is 10.2 Å². The zero-order valence-corrected chi connectivity index (χ0v) is 15.9. The van der Waals surface area contributed by atoms with Gasteiger partial charge >= 0.3 is 5.97 Å². The molecular weight excluding hydrogens is 396 g/mol. The molecule has 2 rings (SSSR count). The molecule has 0 saturated carbocycles. The minimum Gasteiger partial charge on any atom is -0.448 e. The molecule has 0 aromatic heterocycles. The van der Waals surface area contributed by atoms with Crippen LogP contribution in [0.3, 0.4) is 0 Å². The van der Waals surface area contributed by atoms with Gasteiger partial charge in [-0.15, -0.1) is 0 Å². The largest absolute Gasteiger partial charge is 0.448 e. The molecule has 132 valence electrons. The summed E-state index contributed by atoms with van der Waals surface area (Å²) in [6, 6.07) is 16.2. The van der Waals surface area contributed by atoms with E-state index in [9.17, 15) is 14.9 Å². The summed E-state index contributed by atoms with van der Waals surface area (Å²) in [7, 11) is 0. The second kappa shape index (κ2) is 8.97. The quantitative estimate of drug-likeness (QED) is 0.452. The van der Waals surface area contributed by atoms with Crippen LogP contribution in [0, 0.1) is 18.3 Å². The summed E-state index contributed by atoms with van der Waals surface area (Å²) in [5, 5.41) is 11.9. The summed E-state index contributed by atoms with van der Waals surface area (Å²) in [6.45, 7) is 3.39. The van der Waals surface area contributed by atoms with E-state index in [1.54, 1.807) is 30.3 Å². The molecule has 1 atom stereocenters. The molecular formula is C20H17BrN2O3. The van der Waals surface area contributed by atoms with Gasteiger partial charge in [-0.2, -0.15) is 5.26 Å². The number of hydrogen-bond donors (Lipinski definition) is 1. The molecule has 6 heteroatoms. The third-order valence-corrected chi connectivity index (χ3v) is 3.97. The molecule has 1 N–H and O–H groups in total. The Kier molecular flexibility index (Phi) is 6.70. The van der Waals surface area contributed by atoms with Gasteiger partial charge in [0.25, 0.3) is 5.91 Å². The molecule has 0 heterocycles. The average Bonchev–Trinajstić information content (AvgIpc) is 2.61. The Hall–Kier alpha value is -2.91. The maximum absolute atomic E-state index is 12.2. The molecule has 0 saturated heterocycles. The van der Waals surface area contributed by atoms with Crippen molar-refractivity contribution in [2.24, 2.45) is 0 Å². The number of carbonyl (C=O) groups is 2. The van der Waals surface area contributed by atoms with Crippen molar-refractivity contribution in [1.29, 1.82) is 5.26 Å². The summed E-state index contributed by atoms with van der Waals surface area (Å²) in [4.78, 5) is 24.3. The minimum atomic E-state index is -1.05. The SMILES string of the molecule is Cc1ccc(/C=C(\C#N)C(=O)O[C@@H](C)C(=O)Nc2cccc(Br)c2)cc1. The second-order valence-corrected chi connectivity index (χ2v) is 6.54. The van der Waals surface area contributed by atoms with Crippen LogP contribution in [0.2, 0.25) is 0 Å². The van der Waals surface area contributed by atoms with Crippen LogP contribution in [0.25, 0.3) is 6.08 Å². The van der Waals surface area contributed by atoms with Crippen LogP contribution in [0.15, 0.2) is 58.6 Å². The highest BCUT2D eigenvalue weighted by Gasteiger charge is 2.20. The van der Waals surface area contributed by atoms with Gasteiger partial charge in [-0.05, 0) is 43.7 Å². The third-order valence-electron chi connectivity index (χ3n) is 3.47. The lowest BCUT2D eigenvalue weighted by atomic mass is 10.1. The number of ether oxygens (including phenoxy) is 1. The van der Waals surface area contributed by atoms with E-state index < -0.39 is 18.0 Å². The van der Waals surface area contributed by atoms with Crippen molar-refractivity contribution in [3.63, 3.8) is 0 Å². The highest BCUT2D eigenvalue weighted by atomic mass is 79.9. The van der Waals surface area contributed by atoms with Gasteiger partial charge in [-0.3, -0.25) is 4.79 Å². The molecule has 2 aromatic carbocycles. The monoisotopic (exact) mass is 412 g/mol. The topological polar surface area (TPSA) is 79.2 Å². The lowest BCUT2D eigenvalue weighted by molar-refractivity contribution is -0.148. The Balaban J connectivity index is 2.03. The molecule has 0 aliphatic heterocycles. The number of benzene rings is 2. The number of nitrogens with one attached hydrogen (secondary N) is 1. The first-order valence-electron chi connectivity index (χ1n) is 7.85. The first-order valence-corrected chi connectivity index (χ1v) is 8.64. The van der Waals surface area contributed by atoms with Crippen molar-refractivity contribution in [2.75, 3.05) is 5.32 Å². The summed E-state index contributed by atoms with van der Waals surface area (Å²) in [6.07, 6.45) is 0.386. The van der Waals surface area contributed by atoms with Crippen molar-refractivity contribution in [1.82, 2.24) is 0 Å². The maximum atomic E-state index is 12.2. The number of nitrogens with zero attached hydrogens (tertiary/aromatic N) is 1. The van der Waals surface area contributed by atoms with Crippen LogP contribution < -0.4 is 5.32 Å². The number of amides is 1. The lowest BCUT2D eigenvalue weighted by Gasteiger charge is -2.13. The van der Waals surface area contributed by atoms with Gasteiger partial charge in [0.1, 0.15) is 11.6 Å². The zero-order chi connectivity index (χ0) is 19.1. The molecule has 1 amide bonds. The van der Waals surface area contributed by atoms with Gasteiger partial charge in [-0.25, -0.2) is 4.79 Å². The standard InChI is InChI=1S/C20H17BrN2O3/c1-13-6-8-15(9-7-13)10-16(12-22)20(25)26-14(2)19(24)23-18-5-3-4-17(21)11-18/h3-11,14H,1-2H3,(H,23,24)/b16-10+/t14-/m0/s1. The van der Waals surface area contributed by atoms with E-state index in [4.69, 9.17) is 4.74 Å². The fourth-order valence-electron chi connectivity index (χ4n) is 2.05. The Labute approximate surface area is 160 Å². The van der Waals surface area contributed by atoms with Crippen molar-refractivity contribution >= 4 is 39.6 Å². The maximum Gasteiger partial charge on any atom is 0.349 e. The van der Waals surface area contributed by atoms with Crippen molar-refractivity contribution in [2.45, 2.75) is 20.0 Å². The van der Waals surface area contributed by atoms with Crippen LogP contribution >= 0.6 is 15.9 Å². The number of hydrogen-bond acceptors (Lipinski definition) is 4. The van der Waals surface area contributed by atoms with Crippen LogP contribution in [0.1, 0.15) is 18.1 Å². The Morgan fingerprint density at radius 1 is 1.23 bits per heavy atom. The van der Waals surface area contributed by atoms with Crippen molar-refractivity contribution in [3.8, 4) is 6.07 Å². The number of anilines is 1. The molecule has 5 nitrogen and oxygen atoms in total. The smallest absolute Gasteiger partial charge is 0.349 e. The number of carbonyl (C=O) groups excluding carboxylic acids is 2. The van der Waals surface area contributed by atoms with Crippen molar-refractivity contribution < 1.29 is 14.3 Å². The lowest BCUT2D eigenvalue weighted by Crippen LogP contribution is -2.30. The predicted octanol–water partition coefficient (Wildman–Crippen LogP) is 4.23. The summed E-state index contributed by atoms with van der Waals surface area (Å²) >= 11 is 3.31. The van der Waals surface area contributed by atoms with Gasteiger partial charge in [0.2, 0.25) is 0 Å². The van der Waals surface area contributed by atoms with Crippen LogP contribution in [-0.2, 0) is 14.3 Å². The number of halogens is 1. The molecule has 2 aromatic rings. The number of aryl methyl sites for hydroxylation is 1. The Bertz CT molecular complexity index is 883. The first kappa shape index (κ1) is 19.4. The Morgan fingerprint density at radius 3 is 2.54 bits per heavy atom. The van der Waals surface area contributed by atoms with Crippen LogP contribution in [-0.4, -0.2) is 18.0 Å². The predicted molar refractivity (Wildman–Crippen MR) is 103 cm³/mol. The van der Waals surface area contributed by atoms with E-state index in [-0.39, 0.29) is 5.57 Å². The van der Waals surface area contributed by atoms with E-state index in [2.05, 4.69) is 21.2 Å². The molecule has 26 heavy (non-hydrogen) atoms. The van der Waals surface area contributed by atoms with Gasteiger partial charge in [0.05, 0.1) is 0 Å². The van der Waals surface area contributed by atoms with Gasteiger partial charge < -0.3 is 10.1 Å². The van der Waals surface area contributed by atoms with E-state index in [0.717, 1.165) is 10.0 Å². The number of rotatable bonds is 5. The van der Waals surface area contributed by atoms with Crippen molar-refractivity contribution in [3.05, 3.63) is 69.7 Å². The highest BCUT2D eigenvalue weighted by molar-refractivity contribution is 9.10. The molecule has 0 fully saturated rings. The summed E-state index contributed by atoms with van der Waals surface area (Å²) in [5.74, 6) is -1.32. The molecule has 0 aliphatic carbocycles. The highest BCUT2D eigenvalue weighted by Crippen LogP contribution is 2.16. The fraction of sp³-hybridized carbons (Fsp3) is 0.150. The summed E-state index contributed by atoms with van der Waals surface area (Å²) in [5.41, 5.74) is 2.18.